The molecule has 0 fully saturated rings. The Bertz CT molecular complexity index is 376. The fourth-order valence-corrected chi connectivity index (χ4v) is 1.60. The Kier molecular flexibility index (Phi) is 4.50. The molecule has 0 atom stereocenters. The lowest BCUT2D eigenvalue weighted by atomic mass is 10.2. The summed E-state index contributed by atoms with van der Waals surface area (Å²) in [7, 11) is 0. The molecule has 1 aromatic rings. The van der Waals surface area contributed by atoms with Gasteiger partial charge in [-0.05, 0) is 31.5 Å². The zero-order chi connectivity index (χ0) is 12.1. The summed E-state index contributed by atoms with van der Waals surface area (Å²) < 4.78 is 13.7. The molecule has 1 aromatic carbocycles. The van der Waals surface area contributed by atoms with Gasteiger partial charge in [0.15, 0.2) is 0 Å². The second-order valence-corrected chi connectivity index (χ2v) is 3.92. The Morgan fingerprint density at radius 1 is 1.50 bits per heavy atom. The summed E-state index contributed by atoms with van der Waals surface area (Å²) >= 11 is 0. The first-order chi connectivity index (χ1) is 7.58. The van der Waals surface area contributed by atoms with E-state index in [-0.39, 0.29) is 12.4 Å². The van der Waals surface area contributed by atoms with E-state index in [0.717, 1.165) is 12.1 Å². The lowest BCUT2D eigenvalue weighted by molar-refractivity contribution is 0.281. The van der Waals surface area contributed by atoms with Crippen LogP contribution in [0.1, 0.15) is 19.4 Å². The monoisotopic (exact) mass is 223 g/mol. The lowest BCUT2D eigenvalue weighted by Crippen LogP contribution is -2.25. The Morgan fingerprint density at radius 2 is 2.19 bits per heavy atom. The minimum absolute atomic E-state index is 0.135. The Morgan fingerprint density at radius 3 is 2.62 bits per heavy atom. The Hall–Kier alpha value is -1.35. The van der Waals surface area contributed by atoms with Crippen LogP contribution >= 0.6 is 0 Å². The number of benzene rings is 1. The quantitative estimate of drug-likeness (QED) is 0.776. The molecular weight excluding hydrogens is 205 g/mol. The highest BCUT2D eigenvalue weighted by molar-refractivity contribution is 5.50. The molecule has 0 saturated heterocycles. The molecule has 0 spiro atoms. The van der Waals surface area contributed by atoms with E-state index in [1.54, 1.807) is 12.1 Å². The number of rotatable bonds is 5. The molecule has 0 saturated carbocycles. The predicted molar refractivity (Wildman–Crippen MR) is 65.0 cm³/mol. The smallest absolute Gasteiger partial charge is 0.146 e. The summed E-state index contributed by atoms with van der Waals surface area (Å²) in [5.74, 6) is -0.297. The molecule has 0 aromatic heterocycles. The topological polar surface area (TPSA) is 23.5 Å². The van der Waals surface area contributed by atoms with E-state index in [1.807, 2.05) is 18.7 Å². The first kappa shape index (κ1) is 12.7. The second kappa shape index (κ2) is 5.66. The van der Waals surface area contributed by atoms with E-state index >= 15 is 0 Å². The molecule has 0 amide bonds. The molecule has 16 heavy (non-hydrogen) atoms. The summed E-state index contributed by atoms with van der Waals surface area (Å²) in [6.07, 6.45) is 0. The van der Waals surface area contributed by atoms with Crippen LogP contribution in [-0.2, 0) is 6.61 Å². The van der Waals surface area contributed by atoms with Gasteiger partial charge in [0.25, 0.3) is 0 Å². The lowest BCUT2D eigenvalue weighted by Gasteiger charge is -2.24. The van der Waals surface area contributed by atoms with E-state index in [9.17, 15) is 4.39 Å². The highest BCUT2D eigenvalue weighted by Crippen LogP contribution is 2.21. The van der Waals surface area contributed by atoms with E-state index < -0.39 is 0 Å². The molecule has 0 unspecified atom stereocenters. The first-order valence-corrected chi connectivity index (χ1v) is 5.37. The SMILES string of the molecule is C=C(C)CN(CC)c1ccc(CO)cc1F. The fraction of sp³-hybridized carbons (Fsp3) is 0.385. The molecule has 1 rings (SSSR count). The van der Waals surface area contributed by atoms with Crippen molar-refractivity contribution < 1.29 is 9.50 Å². The second-order valence-electron chi connectivity index (χ2n) is 3.92. The van der Waals surface area contributed by atoms with Crippen LogP contribution in [-0.4, -0.2) is 18.2 Å². The van der Waals surface area contributed by atoms with Gasteiger partial charge in [0, 0.05) is 13.1 Å². The van der Waals surface area contributed by atoms with Crippen LogP contribution in [0.25, 0.3) is 0 Å². The summed E-state index contributed by atoms with van der Waals surface area (Å²) in [5, 5.41) is 8.90. The highest BCUT2D eigenvalue weighted by Gasteiger charge is 2.10. The third-order valence-corrected chi connectivity index (χ3v) is 2.38. The van der Waals surface area contributed by atoms with Crippen LogP contribution in [0, 0.1) is 5.82 Å². The maximum atomic E-state index is 13.7. The largest absolute Gasteiger partial charge is 0.392 e. The van der Waals surface area contributed by atoms with Crippen molar-refractivity contribution in [3.8, 4) is 0 Å². The fourth-order valence-electron chi connectivity index (χ4n) is 1.60. The van der Waals surface area contributed by atoms with Crippen molar-refractivity contribution in [1.29, 1.82) is 0 Å². The van der Waals surface area contributed by atoms with Gasteiger partial charge in [0.05, 0.1) is 12.3 Å². The van der Waals surface area contributed by atoms with Crippen LogP contribution in [0.5, 0.6) is 0 Å². The van der Waals surface area contributed by atoms with Crippen LogP contribution in [0.2, 0.25) is 0 Å². The summed E-state index contributed by atoms with van der Waals surface area (Å²) in [6.45, 7) is 8.96. The molecule has 0 radical (unpaired) electrons. The molecule has 88 valence electrons. The van der Waals surface area contributed by atoms with Gasteiger partial charge in [-0.25, -0.2) is 4.39 Å². The normalized spacial score (nSPS) is 10.2. The van der Waals surface area contributed by atoms with Crippen molar-refractivity contribution in [3.63, 3.8) is 0 Å². The molecule has 2 nitrogen and oxygen atoms in total. The van der Waals surface area contributed by atoms with Gasteiger partial charge in [-0.1, -0.05) is 18.2 Å². The average molecular weight is 223 g/mol. The van der Waals surface area contributed by atoms with E-state index in [0.29, 0.717) is 17.8 Å². The molecular formula is C13H18FNO. The number of hydrogen-bond donors (Lipinski definition) is 1. The molecule has 0 aliphatic rings. The number of anilines is 1. The third-order valence-electron chi connectivity index (χ3n) is 2.38. The number of hydrogen-bond acceptors (Lipinski definition) is 2. The predicted octanol–water partition coefficient (Wildman–Crippen LogP) is 2.72. The maximum absolute atomic E-state index is 13.7. The number of likely N-dealkylation sites (N-methyl/N-ethyl adjacent to an activating group) is 1. The molecule has 0 heterocycles. The van der Waals surface area contributed by atoms with Gasteiger partial charge in [-0.3, -0.25) is 0 Å². The van der Waals surface area contributed by atoms with Gasteiger partial charge >= 0.3 is 0 Å². The van der Waals surface area contributed by atoms with Gasteiger partial charge in [-0.2, -0.15) is 0 Å². The molecule has 1 N–H and O–H groups in total. The molecule has 0 aliphatic carbocycles. The van der Waals surface area contributed by atoms with Crippen molar-refractivity contribution in [2.75, 3.05) is 18.0 Å². The van der Waals surface area contributed by atoms with Gasteiger partial charge in [0.1, 0.15) is 5.82 Å². The van der Waals surface area contributed by atoms with Crippen molar-refractivity contribution in [3.05, 3.63) is 41.7 Å². The van der Waals surface area contributed by atoms with Gasteiger partial charge in [0.2, 0.25) is 0 Å². The summed E-state index contributed by atoms with van der Waals surface area (Å²) in [4.78, 5) is 1.92. The Labute approximate surface area is 96.0 Å². The van der Waals surface area contributed by atoms with Crippen LogP contribution in [0.3, 0.4) is 0 Å². The van der Waals surface area contributed by atoms with Crippen LogP contribution < -0.4 is 4.90 Å². The number of nitrogens with zero attached hydrogens (tertiary/aromatic N) is 1. The zero-order valence-corrected chi connectivity index (χ0v) is 9.83. The minimum Gasteiger partial charge on any atom is -0.392 e. The highest BCUT2D eigenvalue weighted by atomic mass is 19.1. The number of aliphatic hydroxyl groups excluding tert-OH is 1. The maximum Gasteiger partial charge on any atom is 0.146 e. The van der Waals surface area contributed by atoms with Crippen LogP contribution in [0.15, 0.2) is 30.4 Å². The van der Waals surface area contributed by atoms with Crippen molar-refractivity contribution in [2.24, 2.45) is 0 Å². The molecule has 3 heteroatoms. The van der Waals surface area contributed by atoms with Crippen molar-refractivity contribution in [1.82, 2.24) is 0 Å². The Balaban J connectivity index is 2.96. The summed E-state index contributed by atoms with van der Waals surface area (Å²) in [6, 6.07) is 4.81. The van der Waals surface area contributed by atoms with E-state index in [2.05, 4.69) is 6.58 Å². The summed E-state index contributed by atoms with van der Waals surface area (Å²) in [5.41, 5.74) is 2.14. The molecule has 0 bridgehead atoms. The van der Waals surface area contributed by atoms with E-state index in [4.69, 9.17) is 5.11 Å². The number of aliphatic hydroxyl groups is 1. The first-order valence-electron chi connectivity index (χ1n) is 5.37. The van der Waals surface area contributed by atoms with Crippen molar-refractivity contribution >= 4 is 5.69 Å². The van der Waals surface area contributed by atoms with Gasteiger partial charge < -0.3 is 10.0 Å². The minimum atomic E-state index is -0.297. The van der Waals surface area contributed by atoms with Crippen molar-refractivity contribution in [2.45, 2.75) is 20.5 Å². The standard InChI is InChI=1S/C13H18FNO/c1-4-15(8-10(2)3)13-6-5-11(9-16)7-12(13)14/h5-7,16H,2,4,8-9H2,1,3H3. The zero-order valence-electron chi connectivity index (χ0n) is 9.83. The molecule has 0 aliphatic heterocycles. The number of halogens is 1. The average Bonchev–Trinajstić information content (AvgIpc) is 2.25. The van der Waals surface area contributed by atoms with E-state index in [1.165, 1.54) is 6.07 Å². The van der Waals surface area contributed by atoms with Gasteiger partial charge in [-0.15, -0.1) is 0 Å². The third kappa shape index (κ3) is 3.07. The van der Waals surface area contributed by atoms with Crippen LogP contribution in [0.4, 0.5) is 10.1 Å².